The van der Waals surface area contributed by atoms with Gasteiger partial charge in [-0.2, -0.15) is 0 Å². The Morgan fingerprint density at radius 1 is 1.29 bits per heavy atom. The second-order valence-corrected chi connectivity index (χ2v) is 3.01. The second kappa shape index (κ2) is 3.90. The normalized spacial score (nSPS) is 11.5. The van der Waals surface area contributed by atoms with Gasteiger partial charge in [0.2, 0.25) is 0 Å². The first-order valence-corrected chi connectivity index (χ1v) is 4.27. The Labute approximate surface area is 80.5 Å². The molecular formula is C10H11F3O. The lowest BCUT2D eigenvalue weighted by atomic mass is 10.1. The van der Waals surface area contributed by atoms with E-state index in [9.17, 15) is 13.2 Å². The van der Waals surface area contributed by atoms with E-state index in [0.717, 1.165) is 5.56 Å². The average molecular weight is 204 g/mol. The first kappa shape index (κ1) is 10.9. The van der Waals surface area contributed by atoms with E-state index >= 15 is 0 Å². The Morgan fingerprint density at radius 2 is 1.93 bits per heavy atom. The van der Waals surface area contributed by atoms with Crippen LogP contribution in [0.15, 0.2) is 18.2 Å². The van der Waals surface area contributed by atoms with Crippen LogP contribution in [0.4, 0.5) is 13.2 Å². The van der Waals surface area contributed by atoms with Crippen molar-refractivity contribution in [1.29, 1.82) is 0 Å². The van der Waals surface area contributed by atoms with E-state index in [1.807, 2.05) is 6.92 Å². The highest BCUT2D eigenvalue weighted by Gasteiger charge is 2.31. The molecule has 1 aromatic carbocycles. The van der Waals surface area contributed by atoms with Crippen LogP contribution in [-0.4, -0.2) is 6.36 Å². The van der Waals surface area contributed by atoms with Crippen LogP contribution in [0.3, 0.4) is 0 Å². The van der Waals surface area contributed by atoms with Crippen LogP contribution in [0.2, 0.25) is 0 Å². The smallest absolute Gasteiger partial charge is 0.406 e. The molecule has 14 heavy (non-hydrogen) atoms. The molecule has 0 radical (unpaired) electrons. The van der Waals surface area contributed by atoms with Gasteiger partial charge in [-0.05, 0) is 25.0 Å². The Balaban J connectivity index is 2.97. The van der Waals surface area contributed by atoms with Gasteiger partial charge < -0.3 is 4.74 Å². The second-order valence-electron chi connectivity index (χ2n) is 3.01. The van der Waals surface area contributed by atoms with Crippen molar-refractivity contribution in [3.63, 3.8) is 0 Å². The van der Waals surface area contributed by atoms with Crippen molar-refractivity contribution < 1.29 is 17.9 Å². The van der Waals surface area contributed by atoms with Crippen molar-refractivity contribution in [3.8, 4) is 5.75 Å². The van der Waals surface area contributed by atoms with E-state index in [4.69, 9.17) is 0 Å². The molecule has 1 rings (SSSR count). The molecule has 0 bridgehead atoms. The topological polar surface area (TPSA) is 9.23 Å². The summed E-state index contributed by atoms with van der Waals surface area (Å²) in [4.78, 5) is 0. The molecule has 0 aromatic heterocycles. The third kappa shape index (κ3) is 2.94. The number of rotatable bonds is 2. The van der Waals surface area contributed by atoms with Crippen LogP contribution >= 0.6 is 0 Å². The van der Waals surface area contributed by atoms with Gasteiger partial charge in [0.25, 0.3) is 0 Å². The summed E-state index contributed by atoms with van der Waals surface area (Å²) in [5, 5.41) is 0. The minimum atomic E-state index is -4.61. The molecule has 0 spiro atoms. The molecule has 1 nitrogen and oxygen atoms in total. The van der Waals surface area contributed by atoms with Crippen molar-refractivity contribution in [2.24, 2.45) is 0 Å². The molecule has 0 N–H and O–H groups in total. The van der Waals surface area contributed by atoms with Gasteiger partial charge in [-0.3, -0.25) is 0 Å². The maximum absolute atomic E-state index is 11.9. The average Bonchev–Trinajstić information content (AvgIpc) is 2.06. The lowest BCUT2D eigenvalue weighted by molar-refractivity contribution is -0.274. The fourth-order valence-corrected chi connectivity index (χ4v) is 1.21. The van der Waals surface area contributed by atoms with Crippen LogP contribution < -0.4 is 4.74 Å². The lowest BCUT2D eigenvalue weighted by Crippen LogP contribution is -2.18. The summed E-state index contributed by atoms with van der Waals surface area (Å²) in [7, 11) is 0. The first-order chi connectivity index (χ1) is 6.42. The molecule has 0 heterocycles. The number of alkyl halides is 3. The number of halogens is 3. The molecule has 0 aliphatic heterocycles. The van der Waals surface area contributed by atoms with Crippen molar-refractivity contribution in [1.82, 2.24) is 0 Å². The highest BCUT2D eigenvalue weighted by molar-refractivity contribution is 5.36. The zero-order valence-corrected chi connectivity index (χ0v) is 7.98. The monoisotopic (exact) mass is 204 g/mol. The molecule has 0 saturated heterocycles. The third-order valence-electron chi connectivity index (χ3n) is 1.82. The number of ether oxygens (including phenoxy) is 1. The summed E-state index contributed by atoms with van der Waals surface area (Å²) in [6, 6.07) is 4.64. The standard InChI is InChI=1S/C10H11F3O/c1-3-8-6-7(2)4-5-9(8)14-10(11,12)13/h4-6H,3H2,1-2H3. The van der Waals surface area contributed by atoms with E-state index < -0.39 is 6.36 Å². The number of aryl methyl sites for hydroxylation is 2. The third-order valence-corrected chi connectivity index (χ3v) is 1.82. The maximum Gasteiger partial charge on any atom is 0.573 e. The number of hydrogen-bond donors (Lipinski definition) is 0. The molecular weight excluding hydrogens is 193 g/mol. The summed E-state index contributed by atoms with van der Waals surface area (Å²) in [5.74, 6) is -0.106. The first-order valence-electron chi connectivity index (χ1n) is 4.27. The number of benzene rings is 1. The van der Waals surface area contributed by atoms with Crippen LogP contribution in [-0.2, 0) is 6.42 Å². The van der Waals surface area contributed by atoms with Crippen molar-refractivity contribution >= 4 is 0 Å². The van der Waals surface area contributed by atoms with Crippen molar-refractivity contribution in [2.45, 2.75) is 26.6 Å². The van der Waals surface area contributed by atoms with Crippen LogP contribution in [0, 0.1) is 6.92 Å². The maximum atomic E-state index is 11.9. The fourth-order valence-electron chi connectivity index (χ4n) is 1.21. The summed E-state index contributed by atoms with van der Waals surface area (Å²) >= 11 is 0. The van der Waals surface area contributed by atoms with Gasteiger partial charge in [-0.25, -0.2) is 0 Å². The highest BCUT2D eigenvalue weighted by Crippen LogP contribution is 2.27. The van der Waals surface area contributed by atoms with Gasteiger partial charge >= 0.3 is 6.36 Å². The molecule has 0 unspecified atom stereocenters. The SMILES string of the molecule is CCc1cc(C)ccc1OC(F)(F)F. The van der Waals surface area contributed by atoms with Crippen LogP contribution in [0.25, 0.3) is 0 Å². The fraction of sp³-hybridized carbons (Fsp3) is 0.400. The van der Waals surface area contributed by atoms with E-state index in [1.165, 1.54) is 6.07 Å². The number of hydrogen-bond acceptors (Lipinski definition) is 1. The lowest BCUT2D eigenvalue weighted by Gasteiger charge is -2.12. The minimum absolute atomic E-state index is 0.106. The predicted octanol–water partition coefficient (Wildman–Crippen LogP) is 3.46. The molecule has 0 aliphatic rings. The zero-order chi connectivity index (χ0) is 10.8. The van der Waals surface area contributed by atoms with Gasteiger partial charge in [-0.15, -0.1) is 13.2 Å². The summed E-state index contributed by atoms with van der Waals surface area (Å²) in [5.41, 5.74) is 1.50. The minimum Gasteiger partial charge on any atom is -0.406 e. The summed E-state index contributed by atoms with van der Waals surface area (Å²) in [6.07, 6.45) is -4.09. The Morgan fingerprint density at radius 3 is 2.43 bits per heavy atom. The Kier molecular flexibility index (Phi) is 3.03. The Bertz CT molecular complexity index is 318. The molecule has 4 heteroatoms. The largest absolute Gasteiger partial charge is 0.573 e. The molecule has 1 aromatic rings. The molecule has 0 atom stereocenters. The zero-order valence-electron chi connectivity index (χ0n) is 7.98. The van der Waals surface area contributed by atoms with E-state index in [-0.39, 0.29) is 5.75 Å². The Hall–Kier alpha value is -1.19. The van der Waals surface area contributed by atoms with Gasteiger partial charge in [0, 0.05) is 0 Å². The van der Waals surface area contributed by atoms with Gasteiger partial charge in [-0.1, -0.05) is 24.6 Å². The van der Waals surface area contributed by atoms with Gasteiger partial charge in [0.1, 0.15) is 5.75 Å². The molecule has 0 aliphatic carbocycles. The molecule has 0 saturated carbocycles. The van der Waals surface area contributed by atoms with Gasteiger partial charge in [0.05, 0.1) is 0 Å². The quantitative estimate of drug-likeness (QED) is 0.716. The summed E-state index contributed by atoms with van der Waals surface area (Å²) in [6.45, 7) is 3.62. The van der Waals surface area contributed by atoms with Crippen LogP contribution in [0.1, 0.15) is 18.1 Å². The van der Waals surface area contributed by atoms with E-state index in [0.29, 0.717) is 12.0 Å². The van der Waals surface area contributed by atoms with E-state index in [2.05, 4.69) is 4.74 Å². The predicted molar refractivity (Wildman–Crippen MR) is 47.2 cm³/mol. The van der Waals surface area contributed by atoms with Crippen molar-refractivity contribution in [3.05, 3.63) is 29.3 Å². The van der Waals surface area contributed by atoms with Gasteiger partial charge in [0.15, 0.2) is 0 Å². The summed E-state index contributed by atoms with van der Waals surface area (Å²) < 4.78 is 39.7. The van der Waals surface area contributed by atoms with Crippen molar-refractivity contribution in [2.75, 3.05) is 0 Å². The molecule has 0 amide bonds. The highest BCUT2D eigenvalue weighted by atomic mass is 19.4. The van der Waals surface area contributed by atoms with Crippen LogP contribution in [0.5, 0.6) is 5.75 Å². The van der Waals surface area contributed by atoms with E-state index in [1.54, 1.807) is 19.1 Å². The molecule has 78 valence electrons. The molecule has 0 fully saturated rings.